The fourth-order valence-electron chi connectivity index (χ4n) is 1.55. The molecule has 1 aromatic carbocycles. The van der Waals surface area contributed by atoms with Gasteiger partial charge in [0.25, 0.3) is 0 Å². The van der Waals surface area contributed by atoms with E-state index in [2.05, 4.69) is 14.2 Å². The SMILES string of the molecule is CC(=O)OC(=O)c1cc(C(=O)OC(C)=O)cc(C(=O)OC(C)=O)c1. The highest BCUT2D eigenvalue weighted by molar-refractivity contribution is 6.05. The number of hydrogen-bond acceptors (Lipinski definition) is 9. The molecule has 0 atom stereocenters. The zero-order valence-corrected chi connectivity index (χ0v) is 12.9. The van der Waals surface area contributed by atoms with Gasteiger partial charge in [0.1, 0.15) is 0 Å². The van der Waals surface area contributed by atoms with Gasteiger partial charge in [-0.2, -0.15) is 0 Å². The second-order valence-corrected chi connectivity index (χ2v) is 4.44. The van der Waals surface area contributed by atoms with E-state index in [0.717, 1.165) is 39.0 Å². The van der Waals surface area contributed by atoms with Gasteiger partial charge < -0.3 is 14.2 Å². The average molecular weight is 336 g/mol. The molecular weight excluding hydrogens is 324 g/mol. The molecule has 0 saturated carbocycles. The predicted octanol–water partition coefficient (Wildman–Crippen LogP) is 0.797. The highest BCUT2D eigenvalue weighted by Crippen LogP contribution is 2.15. The van der Waals surface area contributed by atoms with E-state index in [0.29, 0.717) is 0 Å². The molecule has 0 bridgehead atoms. The molecule has 0 spiro atoms. The monoisotopic (exact) mass is 336 g/mol. The second-order valence-electron chi connectivity index (χ2n) is 4.44. The predicted molar refractivity (Wildman–Crippen MR) is 74.7 cm³/mol. The van der Waals surface area contributed by atoms with Crippen LogP contribution in [0.2, 0.25) is 0 Å². The first-order chi connectivity index (χ1) is 11.1. The van der Waals surface area contributed by atoms with Gasteiger partial charge in [0.2, 0.25) is 0 Å². The van der Waals surface area contributed by atoms with E-state index in [1.165, 1.54) is 0 Å². The lowest BCUT2D eigenvalue weighted by atomic mass is 10.1. The number of rotatable bonds is 3. The molecular formula is C15H12O9. The molecule has 0 saturated heterocycles. The number of esters is 6. The molecule has 0 N–H and O–H groups in total. The maximum Gasteiger partial charge on any atom is 0.345 e. The Morgan fingerprint density at radius 1 is 0.542 bits per heavy atom. The molecule has 0 aliphatic rings. The fraction of sp³-hybridized carbons (Fsp3) is 0.200. The molecule has 0 aliphatic heterocycles. The van der Waals surface area contributed by atoms with Crippen LogP contribution in [0.4, 0.5) is 0 Å². The molecule has 1 aromatic rings. The highest BCUT2D eigenvalue weighted by atomic mass is 16.6. The number of ether oxygens (including phenoxy) is 3. The van der Waals surface area contributed by atoms with Crippen molar-refractivity contribution >= 4 is 35.8 Å². The van der Waals surface area contributed by atoms with Crippen LogP contribution < -0.4 is 0 Å². The van der Waals surface area contributed by atoms with E-state index in [4.69, 9.17) is 0 Å². The minimum absolute atomic E-state index is 0.348. The van der Waals surface area contributed by atoms with Crippen molar-refractivity contribution in [3.63, 3.8) is 0 Å². The fourth-order valence-corrected chi connectivity index (χ4v) is 1.55. The standard InChI is InChI=1S/C15H12O9/c1-7(16)22-13(19)10-4-11(14(20)23-8(2)17)6-12(5-10)15(21)24-9(3)18/h4-6H,1-3H3. The summed E-state index contributed by atoms with van der Waals surface area (Å²) < 4.78 is 13.1. The van der Waals surface area contributed by atoms with Crippen LogP contribution in [0.3, 0.4) is 0 Å². The molecule has 0 amide bonds. The molecule has 0 heterocycles. The molecule has 9 heteroatoms. The van der Waals surface area contributed by atoms with Crippen LogP contribution in [-0.2, 0) is 28.6 Å². The number of benzene rings is 1. The third-order valence-corrected chi connectivity index (χ3v) is 2.35. The number of carbonyl (C=O) groups is 6. The lowest BCUT2D eigenvalue weighted by Crippen LogP contribution is -2.16. The van der Waals surface area contributed by atoms with Crippen molar-refractivity contribution in [1.82, 2.24) is 0 Å². The van der Waals surface area contributed by atoms with Crippen LogP contribution >= 0.6 is 0 Å². The minimum atomic E-state index is -1.14. The topological polar surface area (TPSA) is 130 Å². The largest absolute Gasteiger partial charge is 0.390 e. The summed E-state index contributed by atoms with van der Waals surface area (Å²) in [6.45, 7) is 2.95. The van der Waals surface area contributed by atoms with Crippen molar-refractivity contribution < 1.29 is 43.0 Å². The lowest BCUT2D eigenvalue weighted by Gasteiger charge is -2.07. The van der Waals surface area contributed by atoms with Gasteiger partial charge in [-0.25, -0.2) is 14.4 Å². The summed E-state index contributed by atoms with van der Waals surface area (Å²) in [6, 6.07) is 2.88. The van der Waals surface area contributed by atoms with E-state index in [9.17, 15) is 28.8 Å². The number of carbonyl (C=O) groups excluding carboxylic acids is 6. The molecule has 0 radical (unpaired) electrons. The maximum atomic E-state index is 11.8. The Balaban J connectivity index is 3.32. The highest BCUT2D eigenvalue weighted by Gasteiger charge is 2.21. The second kappa shape index (κ2) is 7.77. The van der Waals surface area contributed by atoms with Gasteiger partial charge in [0.15, 0.2) is 0 Å². The van der Waals surface area contributed by atoms with Crippen molar-refractivity contribution in [3.05, 3.63) is 34.9 Å². The van der Waals surface area contributed by atoms with E-state index in [1.807, 2.05) is 0 Å². The first-order valence-corrected chi connectivity index (χ1v) is 6.43. The van der Waals surface area contributed by atoms with Crippen LogP contribution in [-0.4, -0.2) is 35.8 Å². The Kier molecular flexibility index (Phi) is 6.05. The summed E-state index contributed by atoms with van der Waals surface area (Å²) in [7, 11) is 0. The molecule has 9 nitrogen and oxygen atoms in total. The third-order valence-electron chi connectivity index (χ3n) is 2.35. The normalized spacial score (nSPS) is 9.62. The van der Waals surface area contributed by atoms with Crippen LogP contribution in [0.5, 0.6) is 0 Å². The Labute approximate surface area is 135 Å². The van der Waals surface area contributed by atoms with Crippen LogP contribution in [0.1, 0.15) is 51.8 Å². The smallest absolute Gasteiger partial charge is 0.345 e. The van der Waals surface area contributed by atoms with E-state index >= 15 is 0 Å². The maximum absolute atomic E-state index is 11.8. The Morgan fingerprint density at radius 2 is 0.750 bits per heavy atom. The van der Waals surface area contributed by atoms with Gasteiger partial charge in [-0.1, -0.05) is 0 Å². The van der Waals surface area contributed by atoms with E-state index in [-0.39, 0.29) is 16.7 Å². The molecule has 0 unspecified atom stereocenters. The first kappa shape index (κ1) is 18.7. The lowest BCUT2D eigenvalue weighted by molar-refractivity contribution is -0.136. The first-order valence-electron chi connectivity index (χ1n) is 6.43. The summed E-state index contributed by atoms with van der Waals surface area (Å²) in [5, 5.41) is 0. The molecule has 24 heavy (non-hydrogen) atoms. The van der Waals surface area contributed by atoms with Gasteiger partial charge >= 0.3 is 35.8 Å². The summed E-state index contributed by atoms with van der Waals surface area (Å²) in [5.74, 6) is -6.16. The summed E-state index contributed by atoms with van der Waals surface area (Å²) in [5.41, 5.74) is -1.05. The van der Waals surface area contributed by atoms with E-state index < -0.39 is 35.8 Å². The summed E-state index contributed by atoms with van der Waals surface area (Å²) in [6.07, 6.45) is 0. The van der Waals surface area contributed by atoms with Crippen LogP contribution in [0.15, 0.2) is 18.2 Å². The number of hydrogen-bond donors (Lipinski definition) is 0. The van der Waals surface area contributed by atoms with Crippen molar-refractivity contribution in [2.75, 3.05) is 0 Å². The van der Waals surface area contributed by atoms with Crippen LogP contribution in [0.25, 0.3) is 0 Å². The van der Waals surface area contributed by atoms with Gasteiger partial charge in [-0.15, -0.1) is 0 Å². The summed E-state index contributed by atoms with van der Waals surface area (Å²) in [4.78, 5) is 67.8. The van der Waals surface area contributed by atoms with Gasteiger partial charge in [0, 0.05) is 20.8 Å². The molecule has 0 fully saturated rings. The Bertz CT molecular complexity index is 633. The average Bonchev–Trinajstić information content (AvgIpc) is 2.44. The van der Waals surface area contributed by atoms with Crippen molar-refractivity contribution in [2.24, 2.45) is 0 Å². The molecule has 1 rings (SSSR count). The Hall–Kier alpha value is -3.36. The third kappa shape index (κ3) is 5.44. The van der Waals surface area contributed by atoms with Crippen molar-refractivity contribution in [3.8, 4) is 0 Å². The summed E-state index contributed by atoms with van der Waals surface area (Å²) >= 11 is 0. The minimum Gasteiger partial charge on any atom is -0.390 e. The quantitative estimate of drug-likeness (QED) is 0.446. The van der Waals surface area contributed by atoms with Crippen molar-refractivity contribution in [1.29, 1.82) is 0 Å². The molecule has 126 valence electrons. The van der Waals surface area contributed by atoms with Gasteiger partial charge in [0.05, 0.1) is 16.7 Å². The van der Waals surface area contributed by atoms with Crippen LogP contribution in [0, 0.1) is 0 Å². The molecule has 0 aromatic heterocycles. The van der Waals surface area contributed by atoms with Gasteiger partial charge in [-0.3, -0.25) is 14.4 Å². The zero-order chi connectivity index (χ0) is 18.4. The van der Waals surface area contributed by atoms with Crippen molar-refractivity contribution in [2.45, 2.75) is 20.8 Å². The Morgan fingerprint density at radius 3 is 0.917 bits per heavy atom. The van der Waals surface area contributed by atoms with Gasteiger partial charge in [-0.05, 0) is 18.2 Å². The van der Waals surface area contributed by atoms with E-state index in [1.54, 1.807) is 0 Å². The zero-order valence-electron chi connectivity index (χ0n) is 12.9. The molecule has 0 aliphatic carbocycles.